The minimum absolute atomic E-state index is 0.162. The molecule has 2 N–H and O–H groups in total. The fraction of sp³-hybridized carbons (Fsp3) is 0.200. The van der Waals surface area contributed by atoms with Gasteiger partial charge in [-0.05, 0) is 73.2 Å². The van der Waals surface area contributed by atoms with E-state index in [1.165, 1.54) is 9.80 Å². The largest absolute Gasteiger partial charge is 0.457 e. The van der Waals surface area contributed by atoms with Crippen LogP contribution in [0.1, 0.15) is 5.56 Å². The van der Waals surface area contributed by atoms with Gasteiger partial charge in [0.2, 0.25) is 0 Å². The molecule has 34 heavy (non-hydrogen) atoms. The molecular weight excluding hydrogens is 475 g/mol. The highest BCUT2D eigenvalue weighted by Gasteiger charge is 2.05. The molecule has 0 aliphatic carbocycles. The van der Waals surface area contributed by atoms with Gasteiger partial charge in [0, 0.05) is 49.6 Å². The first-order valence-electron chi connectivity index (χ1n) is 10.3. The second-order valence-corrected chi connectivity index (χ2v) is 8.54. The van der Waals surface area contributed by atoms with Crippen molar-refractivity contribution >= 4 is 46.6 Å². The van der Waals surface area contributed by atoms with Crippen LogP contribution in [0, 0.1) is 6.92 Å². The van der Waals surface area contributed by atoms with Crippen LogP contribution in [0.5, 0.6) is 11.5 Å². The van der Waals surface area contributed by atoms with Gasteiger partial charge in [0.25, 0.3) is 0 Å². The second kappa shape index (κ2) is 12.7. The quantitative estimate of drug-likeness (QED) is 0.404. The van der Waals surface area contributed by atoms with Gasteiger partial charge in [0.15, 0.2) is 0 Å². The van der Waals surface area contributed by atoms with Crippen molar-refractivity contribution in [3.05, 3.63) is 82.3 Å². The summed E-state index contributed by atoms with van der Waals surface area (Å²) in [5.74, 6) is 1.40. The molecule has 0 aliphatic rings. The second-order valence-electron chi connectivity index (χ2n) is 7.69. The third-order valence-corrected chi connectivity index (χ3v) is 5.05. The molecule has 0 aliphatic heterocycles. The van der Waals surface area contributed by atoms with Crippen LogP contribution in [-0.2, 0) is 0 Å². The number of ether oxygens (including phenoxy) is 1. The maximum Gasteiger partial charge on any atom is 0.321 e. The van der Waals surface area contributed by atoms with Crippen LogP contribution in [0.3, 0.4) is 0 Å². The zero-order valence-corrected chi connectivity index (χ0v) is 21.2. The Bertz CT molecular complexity index is 1100. The lowest BCUT2D eigenvalue weighted by Crippen LogP contribution is -2.27. The summed E-state index contributed by atoms with van der Waals surface area (Å²) < 4.78 is 5.66. The van der Waals surface area contributed by atoms with E-state index in [4.69, 9.17) is 27.9 Å². The fourth-order valence-corrected chi connectivity index (χ4v) is 2.69. The van der Waals surface area contributed by atoms with Gasteiger partial charge in [-0.15, -0.1) is 0 Å². The number of aryl methyl sites for hydroxylation is 1. The van der Waals surface area contributed by atoms with Crippen LogP contribution in [0.15, 0.2) is 66.7 Å². The molecule has 3 rings (SSSR count). The summed E-state index contributed by atoms with van der Waals surface area (Å²) in [7, 11) is 6.75. The standard InChI is InChI=1S/C15H15ClN2O2.C10H13ClN2O/c1-18(2)15(19)17-12-5-9-14(10-6-12)20-13-7-3-11(16)4-8-13;1-7-4-5-8(6-9(7)11)12-10(14)13(2)3/h3-10H,1-2H3,(H,17,19);4-6H,1-3H3,(H,12,14). The van der Waals surface area contributed by atoms with E-state index in [0.717, 1.165) is 5.56 Å². The molecule has 0 atom stereocenters. The van der Waals surface area contributed by atoms with Crippen molar-refractivity contribution in [2.24, 2.45) is 0 Å². The average molecular weight is 503 g/mol. The van der Waals surface area contributed by atoms with Gasteiger partial charge in [-0.3, -0.25) is 0 Å². The molecule has 0 radical (unpaired) electrons. The maximum absolute atomic E-state index is 11.5. The Morgan fingerprint density at radius 2 is 1.15 bits per heavy atom. The first-order chi connectivity index (χ1) is 16.0. The Morgan fingerprint density at radius 3 is 1.62 bits per heavy atom. The van der Waals surface area contributed by atoms with Gasteiger partial charge in [-0.25, -0.2) is 9.59 Å². The van der Waals surface area contributed by atoms with Crippen LogP contribution in [0.2, 0.25) is 10.0 Å². The minimum atomic E-state index is -0.170. The van der Waals surface area contributed by atoms with Gasteiger partial charge in [0.05, 0.1) is 0 Å². The normalized spacial score (nSPS) is 9.85. The number of hydrogen-bond donors (Lipinski definition) is 2. The first-order valence-corrected chi connectivity index (χ1v) is 11.1. The molecule has 7 nitrogen and oxygen atoms in total. The molecule has 0 bridgehead atoms. The summed E-state index contributed by atoms with van der Waals surface area (Å²) in [6, 6.07) is 19.4. The number of hydrogen-bond acceptors (Lipinski definition) is 3. The molecule has 3 aromatic rings. The van der Waals surface area contributed by atoms with Crippen molar-refractivity contribution in [1.29, 1.82) is 0 Å². The molecule has 0 spiro atoms. The Kier molecular flexibility index (Phi) is 10.0. The van der Waals surface area contributed by atoms with E-state index in [1.807, 2.05) is 19.1 Å². The van der Waals surface area contributed by atoms with E-state index < -0.39 is 0 Å². The number of benzene rings is 3. The molecule has 0 saturated heterocycles. The number of rotatable bonds is 4. The SMILES string of the molecule is CN(C)C(=O)Nc1ccc(Oc2ccc(Cl)cc2)cc1.Cc1ccc(NC(=O)N(C)C)cc1Cl. The molecule has 4 amide bonds. The number of halogens is 2. The van der Waals surface area contributed by atoms with Gasteiger partial charge in [0.1, 0.15) is 11.5 Å². The van der Waals surface area contributed by atoms with Gasteiger partial charge >= 0.3 is 12.1 Å². The molecule has 0 unspecified atom stereocenters. The summed E-state index contributed by atoms with van der Waals surface area (Å²) in [5.41, 5.74) is 2.42. The summed E-state index contributed by atoms with van der Waals surface area (Å²) in [6.07, 6.45) is 0. The third-order valence-electron chi connectivity index (χ3n) is 4.39. The number of carbonyl (C=O) groups excluding carboxylic acids is 2. The molecule has 0 aromatic heterocycles. The fourth-order valence-electron chi connectivity index (χ4n) is 2.39. The van der Waals surface area contributed by atoms with E-state index in [9.17, 15) is 9.59 Å². The number of anilines is 2. The van der Waals surface area contributed by atoms with Gasteiger partial charge in [-0.1, -0.05) is 29.3 Å². The lowest BCUT2D eigenvalue weighted by Gasteiger charge is -2.12. The van der Waals surface area contributed by atoms with Crippen LogP contribution < -0.4 is 15.4 Å². The van der Waals surface area contributed by atoms with Crippen molar-refractivity contribution in [2.45, 2.75) is 6.92 Å². The minimum Gasteiger partial charge on any atom is -0.457 e. The molecule has 180 valence electrons. The number of amides is 4. The molecule has 3 aromatic carbocycles. The highest BCUT2D eigenvalue weighted by atomic mass is 35.5. The van der Waals surface area contributed by atoms with Crippen LogP contribution in [0.25, 0.3) is 0 Å². The highest BCUT2D eigenvalue weighted by molar-refractivity contribution is 6.31. The van der Waals surface area contributed by atoms with E-state index in [0.29, 0.717) is 32.9 Å². The van der Waals surface area contributed by atoms with Crippen molar-refractivity contribution in [3.8, 4) is 11.5 Å². The summed E-state index contributed by atoms with van der Waals surface area (Å²) in [4.78, 5) is 25.7. The Balaban J connectivity index is 0.000000257. The number of carbonyl (C=O) groups is 2. The molecule has 9 heteroatoms. The van der Waals surface area contributed by atoms with E-state index in [2.05, 4.69) is 10.6 Å². The van der Waals surface area contributed by atoms with E-state index in [-0.39, 0.29) is 12.1 Å². The summed E-state index contributed by atoms with van der Waals surface area (Å²) in [5, 5.41) is 6.79. The highest BCUT2D eigenvalue weighted by Crippen LogP contribution is 2.24. The van der Waals surface area contributed by atoms with Crippen LogP contribution >= 0.6 is 23.2 Å². The smallest absolute Gasteiger partial charge is 0.321 e. The zero-order valence-electron chi connectivity index (χ0n) is 19.7. The predicted molar refractivity (Wildman–Crippen MR) is 140 cm³/mol. The van der Waals surface area contributed by atoms with Crippen molar-refractivity contribution in [1.82, 2.24) is 9.80 Å². The lowest BCUT2D eigenvalue weighted by molar-refractivity contribution is 0.230. The van der Waals surface area contributed by atoms with Crippen molar-refractivity contribution in [3.63, 3.8) is 0 Å². The molecule has 0 fully saturated rings. The van der Waals surface area contributed by atoms with Crippen molar-refractivity contribution in [2.75, 3.05) is 38.8 Å². The number of nitrogens with one attached hydrogen (secondary N) is 2. The lowest BCUT2D eigenvalue weighted by atomic mass is 10.2. The Labute approximate surface area is 210 Å². The Morgan fingerprint density at radius 1 is 0.706 bits per heavy atom. The van der Waals surface area contributed by atoms with E-state index >= 15 is 0 Å². The number of nitrogens with zero attached hydrogens (tertiary/aromatic N) is 2. The maximum atomic E-state index is 11.5. The van der Waals surface area contributed by atoms with E-state index in [1.54, 1.807) is 82.8 Å². The molecule has 0 heterocycles. The summed E-state index contributed by atoms with van der Waals surface area (Å²) >= 11 is 11.7. The van der Waals surface area contributed by atoms with Crippen LogP contribution in [-0.4, -0.2) is 50.1 Å². The first kappa shape index (κ1) is 26.8. The van der Waals surface area contributed by atoms with Gasteiger partial charge < -0.3 is 25.2 Å². The zero-order chi connectivity index (χ0) is 25.3. The molecular formula is C25H28Cl2N4O3. The van der Waals surface area contributed by atoms with Gasteiger partial charge in [-0.2, -0.15) is 0 Å². The van der Waals surface area contributed by atoms with Crippen molar-refractivity contribution < 1.29 is 14.3 Å². The number of urea groups is 2. The summed E-state index contributed by atoms with van der Waals surface area (Å²) in [6.45, 7) is 1.92. The Hall–Kier alpha value is -3.42. The molecule has 0 saturated carbocycles. The third kappa shape index (κ3) is 8.84. The topological polar surface area (TPSA) is 73.9 Å². The average Bonchev–Trinajstić information content (AvgIpc) is 2.79. The monoisotopic (exact) mass is 502 g/mol. The predicted octanol–water partition coefficient (Wildman–Crippen LogP) is 6.97. The van der Waals surface area contributed by atoms with Crippen LogP contribution in [0.4, 0.5) is 21.0 Å².